The van der Waals surface area contributed by atoms with Crippen molar-refractivity contribution in [1.82, 2.24) is 20.2 Å². The zero-order valence-electron chi connectivity index (χ0n) is 31.1. The van der Waals surface area contributed by atoms with Crippen LogP contribution in [-0.2, 0) is 30.5 Å². The van der Waals surface area contributed by atoms with Crippen molar-refractivity contribution in [1.29, 1.82) is 0 Å². The van der Waals surface area contributed by atoms with Gasteiger partial charge < -0.3 is 29.7 Å². The summed E-state index contributed by atoms with van der Waals surface area (Å²) in [6.07, 6.45) is -2.78. The number of carboxylic acids is 1. The number of likely N-dealkylation sites (tertiary alicyclic amines) is 1. The molecule has 0 radical (unpaired) electrons. The summed E-state index contributed by atoms with van der Waals surface area (Å²) in [4.78, 5) is 22.6. The molecule has 0 spiro atoms. The van der Waals surface area contributed by atoms with Crippen LogP contribution in [-0.4, -0.2) is 70.0 Å². The van der Waals surface area contributed by atoms with Crippen molar-refractivity contribution in [3.05, 3.63) is 87.4 Å². The van der Waals surface area contributed by atoms with Crippen molar-refractivity contribution >= 4 is 17.6 Å². The van der Waals surface area contributed by atoms with Crippen molar-refractivity contribution in [3.63, 3.8) is 0 Å². The Bertz CT molecular complexity index is 2110. The van der Waals surface area contributed by atoms with Gasteiger partial charge in [0.05, 0.1) is 36.0 Å². The zero-order valence-corrected chi connectivity index (χ0v) is 31.9. The summed E-state index contributed by atoms with van der Waals surface area (Å²) >= 11 is 7.12. The number of alkyl halides is 3. The van der Waals surface area contributed by atoms with Crippen molar-refractivity contribution in [2.24, 2.45) is 5.41 Å². The fourth-order valence-electron chi connectivity index (χ4n) is 8.11. The van der Waals surface area contributed by atoms with E-state index in [1.54, 1.807) is 18.9 Å². The Hall–Kier alpha value is -4.43. The lowest BCUT2D eigenvalue weighted by Gasteiger charge is -2.41. The highest BCUT2D eigenvalue weighted by molar-refractivity contribution is 6.36. The number of hydrogen-bond acceptors (Lipinski definition) is 9. The largest absolute Gasteiger partial charge is 0.481 e. The second-order valence-corrected chi connectivity index (χ2v) is 15.7. The molecule has 0 unspecified atom stereocenters. The summed E-state index contributed by atoms with van der Waals surface area (Å²) < 4.78 is 60.9. The van der Waals surface area contributed by atoms with Gasteiger partial charge in [0.15, 0.2) is 0 Å². The van der Waals surface area contributed by atoms with E-state index in [1.165, 1.54) is 7.11 Å². The van der Waals surface area contributed by atoms with E-state index in [1.807, 2.05) is 55.5 Å². The first kappa shape index (κ1) is 38.8. The third-order valence-electron chi connectivity index (χ3n) is 11.1. The number of rotatable bonds is 12. The molecule has 3 aliphatic rings. The molecule has 0 amide bonds. The normalized spacial score (nSPS) is 23.7. The lowest BCUT2D eigenvalue weighted by molar-refractivity contribution is -0.147. The molecule has 2 aromatic heterocycles. The molecule has 2 aromatic carbocycles. The minimum absolute atomic E-state index is 0.00959. The van der Waals surface area contributed by atoms with Crippen LogP contribution in [0.2, 0.25) is 5.02 Å². The molecule has 4 aromatic rings. The second-order valence-electron chi connectivity index (χ2n) is 15.4. The van der Waals surface area contributed by atoms with E-state index in [0.717, 1.165) is 33.9 Å². The summed E-state index contributed by atoms with van der Waals surface area (Å²) in [7, 11) is 2.90. The van der Waals surface area contributed by atoms with Gasteiger partial charge in [0.25, 0.3) is 0 Å². The first-order chi connectivity index (χ1) is 26.1. The topological polar surface area (TPSA) is 126 Å². The number of methoxy groups -OCH3 is 2. The number of benzene rings is 2. The van der Waals surface area contributed by atoms with Crippen LogP contribution in [0.5, 0.6) is 17.6 Å². The van der Waals surface area contributed by atoms with Gasteiger partial charge in [-0.3, -0.25) is 9.69 Å². The molecule has 2 atom stereocenters. The molecule has 2 fully saturated rings. The standard InChI is InChI=1S/C41H44ClF3N4O6/c1-39(38(50)51)15-16-49(22-39)21-24-17-31(41(43,44)45)37(48-36(24)54-4)55-33-14-12-27-26(7-5-8-28(27)33)29-9-6-10-30(34(29)42)32-13-11-23(35(47-32)53-3)20-46-25-18-40(2,52)19-25/h5-11,13,17,25,33,46,52H,12,14-16,18-22H2,1-4H3,(H,50,51)/t25?,33-,39+,40?/m0/s1. The van der Waals surface area contributed by atoms with E-state index >= 15 is 0 Å². The number of nitrogens with zero attached hydrogens (tertiary/aromatic N) is 3. The third kappa shape index (κ3) is 7.85. The molecule has 3 heterocycles. The minimum atomic E-state index is -4.77. The van der Waals surface area contributed by atoms with E-state index in [4.69, 9.17) is 30.8 Å². The monoisotopic (exact) mass is 780 g/mol. The van der Waals surface area contributed by atoms with Crippen LogP contribution in [0.1, 0.15) is 73.5 Å². The van der Waals surface area contributed by atoms with Crippen molar-refractivity contribution < 1.29 is 42.4 Å². The minimum Gasteiger partial charge on any atom is -0.481 e. The Balaban J connectivity index is 1.14. The molecular weight excluding hydrogens is 737 g/mol. The Morgan fingerprint density at radius 3 is 2.35 bits per heavy atom. The smallest absolute Gasteiger partial charge is 0.421 e. The van der Waals surface area contributed by atoms with E-state index in [9.17, 15) is 28.2 Å². The number of fused-ring (bicyclic) bond motifs is 1. The SMILES string of the molecule is COc1nc(-c2cccc(-c3cccc4c3CC[C@@H]4Oc3nc(OC)c(CN4CC[C@@](C)(C(=O)O)C4)cc3C(F)(F)F)c2Cl)ccc1CNC1CC(C)(O)C1. The highest BCUT2D eigenvalue weighted by Crippen LogP contribution is 2.46. The first-order valence-corrected chi connectivity index (χ1v) is 18.6. The van der Waals surface area contributed by atoms with Crippen molar-refractivity contribution in [2.75, 3.05) is 27.3 Å². The fourth-order valence-corrected chi connectivity index (χ4v) is 8.43. The number of aliphatic carboxylic acids is 1. The molecule has 10 nitrogen and oxygen atoms in total. The predicted molar refractivity (Wildman–Crippen MR) is 200 cm³/mol. The van der Waals surface area contributed by atoms with Crippen molar-refractivity contribution in [3.8, 4) is 40.0 Å². The van der Waals surface area contributed by atoms with E-state index < -0.39 is 40.7 Å². The number of ether oxygens (including phenoxy) is 3. The molecule has 1 saturated carbocycles. The maximum atomic E-state index is 14.6. The fraction of sp³-hybridized carbons (Fsp3) is 0.439. The molecule has 0 bridgehead atoms. The van der Waals surface area contributed by atoms with E-state index in [2.05, 4.69) is 10.3 Å². The Morgan fingerprint density at radius 2 is 1.67 bits per heavy atom. The van der Waals surface area contributed by atoms with E-state index in [0.29, 0.717) is 67.4 Å². The molecule has 1 aliphatic heterocycles. The Morgan fingerprint density at radius 1 is 0.982 bits per heavy atom. The number of carboxylic acid groups (broad SMARTS) is 1. The summed E-state index contributed by atoms with van der Waals surface area (Å²) in [6, 6.07) is 16.4. The first-order valence-electron chi connectivity index (χ1n) is 18.3. The highest BCUT2D eigenvalue weighted by Gasteiger charge is 2.42. The van der Waals surface area contributed by atoms with Gasteiger partial charge in [-0.2, -0.15) is 18.2 Å². The average molecular weight is 781 g/mol. The van der Waals surface area contributed by atoms with Crippen LogP contribution < -0.4 is 19.5 Å². The molecule has 1 saturated heterocycles. The zero-order chi connectivity index (χ0) is 39.3. The number of pyridine rings is 2. The van der Waals surface area contributed by atoms with Crippen LogP contribution in [0.15, 0.2) is 54.6 Å². The van der Waals surface area contributed by atoms with Crippen LogP contribution in [0.3, 0.4) is 0 Å². The van der Waals surface area contributed by atoms with Gasteiger partial charge in [-0.1, -0.05) is 54.1 Å². The number of carbonyl (C=O) groups is 1. The molecule has 7 rings (SSSR count). The van der Waals surface area contributed by atoms with Crippen LogP contribution in [0.25, 0.3) is 22.4 Å². The molecular formula is C41H44ClF3N4O6. The summed E-state index contributed by atoms with van der Waals surface area (Å²) in [5.74, 6) is -1.06. The van der Waals surface area contributed by atoms with E-state index in [-0.39, 0.29) is 30.6 Å². The molecule has 2 aliphatic carbocycles. The van der Waals surface area contributed by atoms with Gasteiger partial charge in [-0.25, -0.2) is 4.98 Å². The summed E-state index contributed by atoms with van der Waals surface area (Å²) in [5.41, 5.74) is 3.02. The third-order valence-corrected chi connectivity index (χ3v) is 11.5. The number of hydrogen-bond donors (Lipinski definition) is 3. The maximum absolute atomic E-state index is 14.6. The van der Waals surface area contributed by atoms with Gasteiger partial charge in [0.2, 0.25) is 17.6 Å². The summed E-state index contributed by atoms with van der Waals surface area (Å²) in [6.45, 7) is 4.66. The van der Waals surface area contributed by atoms with Gasteiger partial charge in [-0.05, 0) is 81.3 Å². The Labute approximate surface area is 322 Å². The van der Waals surface area contributed by atoms with Gasteiger partial charge >= 0.3 is 12.1 Å². The molecule has 292 valence electrons. The highest BCUT2D eigenvalue weighted by atomic mass is 35.5. The Kier molecular flexibility index (Phi) is 10.5. The predicted octanol–water partition coefficient (Wildman–Crippen LogP) is 7.87. The lowest BCUT2D eigenvalue weighted by Crippen LogP contribution is -2.51. The van der Waals surface area contributed by atoms with Crippen molar-refractivity contribution in [2.45, 2.75) is 83.0 Å². The number of nitrogens with one attached hydrogen (secondary N) is 1. The second kappa shape index (κ2) is 14.9. The van der Waals surface area contributed by atoms with Crippen LogP contribution in [0.4, 0.5) is 13.2 Å². The number of aliphatic hydroxyl groups is 1. The van der Waals surface area contributed by atoms with Crippen LogP contribution >= 0.6 is 11.6 Å². The molecule has 14 heteroatoms. The van der Waals surface area contributed by atoms with Crippen LogP contribution in [0, 0.1) is 5.41 Å². The quantitative estimate of drug-likeness (QED) is 0.131. The molecule has 3 N–H and O–H groups in total. The average Bonchev–Trinajstić information content (AvgIpc) is 3.73. The van der Waals surface area contributed by atoms with Gasteiger partial charge in [-0.15, -0.1) is 0 Å². The van der Waals surface area contributed by atoms with Gasteiger partial charge in [0, 0.05) is 47.9 Å². The van der Waals surface area contributed by atoms with Gasteiger partial charge in [0.1, 0.15) is 11.7 Å². The lowest BCUT2D eigenvalue weighted by atomic mass is 9.77. The number of aromatic nitrogens is 2. The summed E-state index contributed by atoms with van der Waals surface area (Å²) in [5, 5.41) is 23.6. The number of halogens is 4. The maximum Gasteiger partial charge on any atom is 0.421 e. The molecule has 55 heavy (non-hydrogen) atoms.